The number of nitrogens with zero attached hydrogens (tertiary/aromatic N) is 1. The van der Waals surface area contributed by atoms with Crippen molar-refractivity contribution in [3.63, 3.8) is 0 Å². The molecule has 5 nitrogen and oxygen atoms in total. The van der Waals surface area contributed by atoms with Crippen LogP contribution in [0, 0.1) is 6.92 Å². The Morgan fingerprint density at radius 2 is 2.00 bits per heavy atom. The molecule has 0 aliphatic carbocycles. The van der Waals surface area contributed by atoms with E-state index < -0.39 is 6.04 Å². The number of aryl methyl sites for hydroxylation is 2. The number of hydrogen-bond acceptors (Lipinski definition) is 4. The summed E-state index contributed by atoms with van der Waals surface area (Å²) in [6.45, 7) is 1.78. The maximum atomic E-state index is 12.0. The van der Waals surface area contributed by atoms with Crippen molar-refractivity contribution in [3.8, 4) is 5.75 Å². The molecule has 0 radical (unpaired) electrons. The summed E-state index contributed by atoms with van der Waals surface area (Å²) >= 11 is 0. The van der Waals surface area contributed by atoms with E-state index in [1.165, 1.54) is 6.07 Å². The molecule has 2 rings (SSSR count). The first-order chi connectivity index (χ1) is 10.1. The summed E-state index contributed by atoms with van der Waals surface area (Å²) in [7, 11) is 0. The second-order valence-corrected chi connectivity index (χ2v) is 4.94. The zero-order valence-electron chi connectivity index (χ0n) is 11.9. The van der Waals surface area contributed by atoms with Gasteiger partial charge in [-0.25, -0.2) is 4.98 Å². The second-order valence-electron chi connectivity index (χ2n) is 4.94. The Balaban J connectivity index is 1.92. The lowest BCUT2D eigenvalue weighted by molar-refractivity contribution is -0.117. The number of nitrogens with one attached hydrogen (secondary N) is 1. The van der Waals surface area contributed by atoms with Gasteiger partial charge in [-0.05, 0) is 37.5 Å². The Morgan fingerprint density at radius 1 is 1.29 bits per heavy atom. The van der Waals surface area contributed by atoms with E-state index >= 15 is 0 Å². The van der Waals surface area contributed by atoms with Crippen molar-refractivity contribution in [1.82, 2.24) is 4.98 Å². The van der Waals surface area contributed by atoms with Gasteiger partial charge in [0.2, 0.25) is 5.91 Å². The lowest BCUT2D eigenvalue weighted by Gasteiger charge is -2.13. The number of nitrogens with two attached hydrogens (primary N) is 1. The molecule has 0 aliphatic heterocycles. The minimum Gasteiger partial charge on any atom is -0.504 e. The van der Waals surface area contributed by atoms with E-state index in [2.05, 4.69) is 10.3 Å². The van der Waals surface area contributed by atoms with Crippen LogP contribution in [0.4, 0.5) is 5.82 Å². The molecule has 1 aromatic carbocycles. The van der Waals surface area contributed by atoms with Gasteiger partial charge >= 0.3 is 0 Å². The van der Waals surface area contributed by atoms with E-state index in [0.717, 1.165) is 12.0 Å². The van der Waals surface area contributed by atoms with Gasteiger partial charge in [0.25, 0.3) is 0 Å². The Hall–Kier alpha value is -2.40. The van der Waals surface area contributed by atoms with Crippen molar-refractivity contribution < 1.29 is 9.90 Å². The quantitative estimate of drug-likeness (QED) is 0.784. The SMILES string of the molecule is Cc1ccc(O)c(NC(=O)C(N)CCc2ccccc2)n1. The molecule has 1 amide bonds. The van der Waals surface area contributed by atoms with Crippen LogP contribution >= 0.6 is 0 Å². The monoisotopic (exact) mass is 285 g/mol. The summed E-state index contributed by atoms with van der Waals surface area (Å²) in [5.41, 5.74) is 7.73. The Bertz CT molecular complexity index is 614. The molecule has 0 saturated heterocycles. The molecule has 110 valence electrons. The van der Waals surface area contributed by atoms with Gasteiger partial charge in [0, 0.05) is 5.69 Å². The molecule has 0 spiro atoms. The molecule has 1 atom stereocenters. The van der Waals surface area contributed by atoms with E-state index in [4.69, 9.17) is 5.73 Å². The van der Waals surface area contributed by atoms with Crippen LogP contribution in [0.5, 0.6) is 5.75 Å². The summed E-state index contributed by atoms with van der Waals surface area (Å²) in [6.07, 6.45) is 1.26. The normalized spacial score (nSPS) is 11.9. The third-order valence-corrected chi connectivity index (χ3v) is 3.18. The highest BCUT2D eigenvalue weighted by atomic mass is 16.3. The number of anilines is 1. The maximum Gasteiger partial charge on any atom is 0.242 e. The number of carbonyl (C=O) groups is 1. The molecule has 0 fully saturated rings. The summed E-state index contributed by atoms with van der Waals surface area (Å²) in [4.78, 5) is 16.1. The van der Waals surface area contributed by atoms with E-state index in [9.17, 15) is 9.90 Å². The van der Waals surface area contributed by atoms with Crippen LogP contribution in [0.3, 0.4) is 0 Å². The fourth-order valence-electron chi connectivity index (χ4n) is 1.95. The van der Waals surface area contributed by atoms with Crippen molar-refractivity contribution in [2.75, 3.05) is 5.32 Å². The lowest BCUT2D eigenvalue weighted by Crippen LogP contribution is -2.36. The molecule has 1 unspecified atom stereocenters. The van der Waals surface area contributed by atoms with Gasteiger partial charge in [-0.2, -0.15) is 0 Å². The van der Waals surface area contributed by atoms with E-state index in [1.54, 1.807) is 13.0 Å². The fraction of sp³-hybridized carbons (Fsp3) is 0.250. The van der Waals surface area contributed by atoms with Gasteiger partial charge in [0.1, 0.15) is 0 Å². The zero-order valence-corrected chi connectivity index (χ0v) is 11.9. The van der Waals surface area contributed by atoms with Crippen molar-refractivity contribution in [1.29, 1.82) is 0 Å². The summed E-state index contributed by atoms with van der Waals surface area (Å²) in [6, 6.07) is 12.4. The molecule has 4 N–H and O–H groups in total. The highest BCUT2D eigenvalue weighted by Crippen LogP contribution is 2.20. The molecule has 0 aliphatic rings. The molecule has 1 heterocycles. The van der Waals surface area contributed by atoms with Gasteiger partial charge in [-0.3, -0.25) is 4.79 Å². The highest BCUT2D eigenvalue weighted by molar-refractivity contribution is 5.94. The van der Waals surface area contributed by atoms with Crippen LogP contribution in [0.2, 0.25) is 0 Å². The molecule has 2 aromatic rings. The molecule has 5 heteroatoms. The third-order valence-electron chi connectivity index (χ3n) is 3.18. The Kier molecular flexibility index (Phi) is 4.90. The van der Waals surface area contributed by atoms with E-state index in [1.807, 2.05) is 30.3 Å². The van der Waals surface area contributed by atoms with Crippen molar-refractivity contribution in [2.45, 2.75) is 25.8 Å². The number of rotatable bonds is 5. The van der Waals surface area contributed by atoms with Gasteiger partial charge < -0.3 is 16.2 Å². The van der Waals surface area contributed by atoms with Crippen LogP contribution in [0.1, 0.15) is 17.7 Å². The predicted octanol–water partition coefficient (Wildman–Crippen LogP) is 1.99. The van der Waals surface area contributed by atoms with Crippen LogP contribution in [-0.2, 0) is 11.2 Å². The Labute approximate surface area is 123 Å². The van der Waals surface area contributed by atoms with Crippen LogP contribution in [0.25, 0.3) is 0 Å². The highest BCUT2D eigenvalue weighted by Gasteiger charge is 2.16. The van der Waals surface area contributed by atoms with Crippen molar-refractivity contribution in [2.24, 2.45) is 5.73 Å². The first-order valence-corrected chi connectivity index (χ1v) is 6.83. The van der Waals surface area contributed by atoms with Gasteiger partial charge in [-0.15, -0.1) is 0 Å². The first kappa shape index (κ1) is 15.0. The Morgan fingerprint density at radius 3 is 2.71 bits per heavy atom. The van der Waals surface area contributed by atoms with Crippen LogP contribution in [0.15, 0.2) is 42.5 Å². The number of amides is 1. The molecule has 1 aromatic heterocycles. The summed E-state index contributed by atoms with van der Waals surface area (Å²) in [5.74, 6) is -0.265. The van der Waals surface area contributed by atoms with E-state index in [-0.39, 0.29) is 17.5 Å². The number of carbonyl (C=O) groups excluding carboxylic acids is 1. The maximum absolute atomic E-state index is 12.0. The second kappa shape index (κ2) is 6.85. The molecular weight excluding hydrogens is 266 g/mol. The average Bonchev–Trinajstić information content (AvgIpc) is 2.49. The minimum atomic E-state index is -0.646. The molecule has 0 bridgehead atoms. The summed E-state index contributed by atoms with van der Waals surface area (Å²) < 4.78 is 0. The number of hydrogen-bond donors (Lipinski definition) is 3. The number of pyridine rings is 1. The smallest absolute Gasteiger partial charge is 0.242 e. The van der Waals surface area contributed by atoms with Gasteiger partial charge in [0.15, 0.2) is 11.6 Å². The van der Waals surface area contributed by atoms with Crippen molar-refractivity contribution in [3.05, 3.63) is 53.7 Å². The molecular formula is C16H19N3O2. The van der Waals surface area contributed by atoms with E-state index in [0.29, 0.717) is 12.1 Å². The average molecular weight is 285 g/mol. The third kappa shape index (κ3) is 4.29. The van der Waals surface area contributed by atoms with Crippen LogP contribution < -0.4 is 11.1 Å². The number of aromatic hydroxyl groups is 1. The zero-order chi connectivity index (χ0) is 15.2. The van der Waals surface area contributed by atoms with Gasteiger partial charge in [0.05, 0.1) is 6.04 Å². The number of benzene rings is 1. The molecule has 21 heavy (non-hydrogen) atoms. The standard InChI is InChI=1S/C16H19N3O2/c1-11-7-10-14(20)15(18-11)19-16(21)13(17)9-8-12-5-3-2-4-6-12/h2-7,10,13,20H,8-9,17H2,1H3,(H,18,19,21). The van der Waals surface area contributed by atoms with Gasteiger partial charge in [-0.1, -0.05) is 30.3 Å². The number of aromatic nitrogens is 1. The predicted molar refractivity (Wildman–Crippen MR) is 82.0 cm³/mol. The largest absolute Gasteiger partial charge is 0.504 e. The van der Waals surface area contributed by atoms with Crippen LogP contribution in [-0.4, -0.2) is 22.0 Å². The van der Waals surface area contributed by atoms with Crippen molar-refractivity contribution >= 4 is 11.7 Å². The summed E-state index contributed by atoms with van der Waals surface area (Å²) in [5, 5.41) is 12.2. The lowest BCUT2D eigenvalue weighted by atomic mass is 10.1. The topological polar surface area (TPSA) is 88.2 Å². The molecule has 0 saturated carbocycles. The fourth-order valence-corrected chi connectivity index (χ4v) is 1.95. The first-order valence-electron chi connectivity index (χ1n) is 6.83. The minimum absolute atomic E-state index is 0.0655.